The van der Waals surface area contributed by atoms with E-state index in [4.69, 9.17) is 4.74 Å². The molecule has 30 heavy (non-hydrogen) atoms. The first kappa shape index (κ1) is 22.6. The second-order valence-electron chi connectivity index (χ2n) is 7.44. The second-order valence-corrected chi connectivity index (χ2v) is 10.3. The lowest BCUT2D eigenvalue weighted by Crippen LogP contribution is -2.30. The summed E-state index contributed by atoms with van der Waals surface area (Å²) in [6.45, 7) is 0.677. The van der Waals surface area contributed by atoms with Gasteiger partial charge in [-0.25, -0.2) is 8.42 Å². The maximum absolute atomic E-state index is 13.0. The average molecular weight is 498 g/mol. The number of carbonyl (C=O) groups is 1. The van der Waals surface area contributed by atoms with Crippen LogP contribution in [0.15, 0.2) is 39.7 Å². The molecule has 0 aliphatic heterocycles. The number of halogens is 1. The van der Waals surface area contributed by atoms with E-state index in [0.29, 0.717) is 17.6 Å². The molecule has 0 unspecified atom stereocenters. The SMILES string of the molecule is COCCN(C)C(=O)c1cc(C2CC2)cc(CS(=O)(=O)c2cc(Br)ccc2O)c1O. The summed E-state index contributed by atoms with van der Waals surface area (Å²) >= 11 is 3.21. The first-order valence-corrected chi connectivity index (χ1v) is 11.9. The Labute approximate surface area is 184 Å². The molecule has 2 N–H and O–H groups in total. The minimum Gasteiger partial charge on any atom is -0.507 e. The predicted octanol–water partition coefficient (Wildman–Crippen LogP) is 3.43. The summed E-state index contributed by atoms with van der Waals surface area (Å²) in [4.78, 5) is 14.1. The third-order valence-electron chi connectivity index (χ3n) is 5.07. The van der Waals surface area contributed by atoms with E-state index in [0.717, 1.165) is 18.4 Å². The van der Waals surface area contributed by atoms with Crippen molar-refractivity contribution in [3.63, 3.8) is 0 Å². The molecule has 0 spiro atoms. The van der Waals surface area contributed by atoms with Crippen molar-refractivity contribution in [2.45, 2.75) is 29.4 Å². The first-order chi connectivity index (χ1) is 14.1. The normalized spacial score (nSPS) is 14.0. The largest absolute Gasteiger partial charge is 0.507 e. The lowest BCUT2D eigenvalue weighted by Gasteiger charge is -2.19. The Hall–Kier alpha value is -2.10. The van der Waals surface area contributed by atoms with Gasteiger partial charge in [-0.2, -0.15) is 0 Å². The number of rotatable bonds is 8. The fourth-order valence-corrected chi connectivity index (χ4v) is 5.19. The molecule has 0 saturated heterocycles. The summed E-state index contributed by atoms with van der Waals surface area (Å²) < 4.78 is 31.5. The molecule has 0 bridgehead atoms. The van der Waals surface area contributed by atoms with E-state index in [1.54, 1.807) is 19.2 Å². The Bertz CT molecular complexity index is 1070. The van der Waals surface area contributed by atoms with E-state index >= 15 is 0 Å². The number of likely N-dealkylation sites (N-methyl/N-ethyl adjacent to an activating group) is 1. The Balaban J connectivity index is 2.01. The number of nitrogens with zero attached hydrogens (tertiary/aromatic N) is 1. The number of phenols is 2. The summed E-state index contributed by atoms with van der Waals surface area (Å²) in [6, 6.07) is 7.43. The molecular weight excluding hydrogens is 474 g/mol. The van der Waals surface area contributed by atoms with Crippen LogP contribution in [0, 0.1) is 0 Å². The minimum atomic E-state index is -3.97. The fraction of sp³-hybridized carbons (Fsp3) is 0.381. The molecule has 3 rings (SSSR count). The maximum Gasteiger partial charge on any atom is 0.257 e. The van der Waals surface area contributed by atoms with E-state index in [1.807, 2.05) is 0 Å². The van der Waals surface area contributed by atoms with Crippen molar-refractivity contribution in [2.24, 2.45) is 0 Å². The van der Waals surface area contributed by atoms with E-state index in [1.165, 1.54) is 30.2 Å². The Morgan fingerprint density at radius 2 is 1.93 bits per heavy atom. The van der Waals surface area contributed by atoms with Gasteiger partial charge in [-0.1, -0.05) is 22.0 Å². The number of aromatic hydroxyl groups is 2. The quantitative estimate of drug-likeness (QED) is 0.578. The van der Waals surface area contributed by atoms with Gasteiger partial charge in [0.1, 0.15) is 16.4 Å². The molecule has 9 heteroatoms. The van der Waals surface area contributed by atoms with Crippen LogP contribution in [0.4, 0.5) is 0 Å². The zero-order valence-corrected chi connectivity index (χ0v) is 19.2. The molecule has 1 saturated carbocycles. The van der Waals surface area contributed by atoms with Crippen molar-refractivity contribution in [2.75, 3.05) is 27.3 Å². The van der Waals surface area contributed by atoms with Crippen LogP contribution in [0.25, 0.3) is 0 Å². The number of carbonyl (C=O) groups excluding carboxylic acids is 1. The monoisotopic (exact) mass is 497 g/mol. The van der Waals surface area contributed by atoms with Crippen molar-refractivity contribution >= 4 is 31.7 Å². The van der Waals surface area contributed by atoms with Gasteiger partial charge < -0.3 is 19.8 Å². The van der Waals surface area contributed by atoms with Crippen molar-refractivity contribution in [3.8, 4) is 11.5 Å². The molecule has 0 heterocycles. The summed E-state index contributed by atoms with van der Waals surface area (Å²) in [7, 11) is -0.844. The molecule has 0 atom stereocenters. The molecule has 2 aromatic carbocycles. The van der Waals surface area contributed by atoms with Gasteiger partial charge in [0.05, 0.1) is 17.9 Å². The highest BCUT2D eigenvalue weighted by molar-refractivity contribution is 9.10. The van der Waals surface area contributed by atoms with Crippen LogP contribution >= 0.6 is 15.9 Å². The number of amides is 1. The average Bonchev–Trinajstić information content (AvgIpc) is 3.54. The van der Waals surface area contributed by atoms with Crippen LogP contribution in [0.1, 0.15) is 40.2 Å². The second kappa shape index (κ2) is 8.95. The number of methoxy groups -OCH3 is 1. The van der Waals surface area contributed by atoms with Gasteiger partial charge in [-0.3, -0.25) is 4.79 Å². The molecule has 1 fully saturated rings. The Kier molecular flexibility index (Phi) is 6.74. The number of hydrogen-bond donors (Lipinski definition) is 2. The maximum atomic E-state index is 13.0. The van der Waals surface area contributed by atoms with Crippen LogP contribution < -0.4 is 0 Å². The smallest absolute Gasteiger partial charge is 0.257 e. The van der Waals surface area contributed by atoms with E-state index in [2.05, 4.69) is 15.9 Å². The van der Waals surface area contributed by atoms with Crippen molar-refractivity contribution in [3.05, 3.63) is 51.5 Å². The molecular formula is C21H24BrNO6S. The predicted molar refractivity (Wildman–Crippen MR) is 116 cm³/mol. The highest BCUT2D eigenvalue weighted by Gasteiger charge is 2.30. The minimum absolute atomic E-state index is 0.0710. The van der Waals surface area contributed by atoms with E-state index in [-0.39, 0.29) is 33.4 Å². The van der Waals surface area contributed by atoms with Gasteiger partial charge in [-0.05, 0) is 48.6 Å². The van der Waals surface area contributed by atoms with E-state index < -0.39 is 21.5 Å². The number of ether oxygens (including phenoxy) is 1. The Morgan fingerprint density at radius 1 is 1.23 bits per heavy atom. The molecule has 1 amide bonds. The van der Waals surface area contributed by atoms with Gasteiger partial charge in [-0.15, -0.1) is 0 Å². The zero-order valence-electron chi connectivity index (χ0n) is 16.8. The number of hydrogen-bond acceptors (Lipinski definition) is 6. The third kappa shape index (κ3) is 4.96. The van der Waals surface area contributed by atoms with Crippen LogP contribution in [0.3, 0.4) is 0 Å². The third-order valence-corrected chi connectivity index (χ3v) is 7.25. The number of benzene rings is 2. The highest BCUT2D eigenvalue weighted by Crippen LogP contribution is 2.43. The van der Waals surface area contributed by atoms with Gasteiger partial charge in [0, 0.05) is 30.7 Å². The fourth-order valence-electron chi connectivity index (χ4n) is 3.20. The van der Waals surface area contributed by atoms with Gasteiger partial charge in [0.15, 0.2) is 9.84 Å². The zero-order chi connectivity index (χ0) is 22.1. The van der Waals surface area contributed by atoms with E-state index in [9.17, 15) is 23.4 Å². The lowest BCUT2D eigenvalue weighted by molar-refractivity contribution is 0.0741. The molecule has 7 nitrogen and oxygen atoms in total. The summed E-state index contributed by atoms with van der Waals surface area (Å²) in [5, 5.41) is 20.8. The standard InChI is InChI=1S/C21H24BrNO6S/c1-23(7-8-29-2)21(26)17-10-14(13-3-4-13)9-15(20(17)25)12-30(27,28)19-11-16(22)5-6-18(19)24/h5-6,9-11,13,24-25H,3-4,7-8,12H2,1-2H3. The van der Waals surface area contributed by atoms with Crippen molar-refractivity contribution in [1.29, 1.82) is 0 Å². The number of phenolic OH excluding ortho intramolecular Hbond substituents is 2. The summed E-state index contributed by atoms with van der Waals surface area (Å²) in [5.41, 5.74) is 1.05. The van der Waals surface area contributed by atoms with Gasteiger partial charge >= 0.3 is 0 Å². The first-order valence-electron chi connectivity index (χ1n) is 9.45. The van der Waals surface area contributed by atoms with Crippen molar-refractivity contribution < 1.29 is 28.2 Å². The topological polar surface area (TPSA) is 104 Å². The number of sulfone groups is 1. The van der Waals surface area contributed by atoms with Crippen LogP contribution in [0.2, 0.25) is 0 Å². The van der Waals surface area contributed by atoms with Gasteiger partial charge in [0.2, 0.25) is 0 Å². The molecule has 1 aliphatic carbocycles. The van der Waals surface area contributed by atoms with Crippen LogP contribution in [-0.2, 0) is 20.3 Å². The van der Waals surface area contributed by atoms with Crippen molar-refractivity contribution in [1.82, 2.24) is 4.90 Å². The van der Waals surface area contributed by atoms with Crippen LogP contribution in [-0.4, -0.2) is 56.7 Å². The molecule has 2 aromatic rings. The Morgan fingerprint density at radius 3 is 2.57 bits per heavy atom. The molecule has 0 aromatic heterocycles. The van der Waals surface area contributed by atoms with Gasteiger partial charge in [0.25, 0.3) is 5.91 Å². The summed E-state index contributed by atoms with van der Waals surface area (Å²) in [6.07, 6.45) is 1.91. The molecule has 1 aliphatic rings. The lowest BCUT2D eigenvalue weighted by atomic mass is 10.0. The highest BCUT2D eigenvalue weighted by atomic mass is 79.9. The molecule has 0 radical (unpaired) electrons. The molecule has 162 valence electrons. The summed E-state index contributed by atoms with van der Waals surface area (Å²) in [5.74, 6) is -1.41. The van der Waals surface area contributed by atoms with Crippen LogP contribution in [0.5, 0.6) is 11.5 Å².